The van der Waals surface area contributed by atoms with Gasteiger partial charge in [0.25, 0.3) is 0 Å². The molecule has 6 nitrogen and oxygen atoms in total. The number of aliphatic hydroxyl groups is 1. The summed E-state index contributed by atoms with van der Waals surface area (Å²) in [5.41, 5.74) is 0.303. The van der Waals surface area contributed by atoms with Gasteiger partial charge in [-0.2, -0.15) is 0 Å². The second kappa shape index (κ2) is 9.59. The van der Waals surface area contributed by atoms with Gasteiger partial charge in [0, 0.05) is 5.41 Å². The molecule has 0 aliphatic heterocycles. The molecular weight excluding hydrogens is 516 g/mol. The van der Waals surface area contributed by atoms with Crippen LogP contribution < -0.4 is 0 Å². The van der Waals surface area contributed by atoms with Crippen LogP contribution in [0.15, 0.2) is 47.5 Å². The Labute approximate surface area is 241 Å². The molecule has 1 saturated carbocycles. The first-order chi connectivity index (χ1) is 19.2. The summed E-state index contributed by atoms with van der Waals surface area (Å²) in [4.78, 5) is 55.5. The Balaban J connectivity index is 1.77. The van der Waals surface area contributed by atoms with E-state index in [0.717, 1.165) is 35.1 Å². The number of fused-ring (bicyclic) bond motifs is 3. The van der Waals surface area contributed by atoms with Crippen molar-refractivity contribution in [3.05, 3.63) is 64.2 Å². The van der Waals surface area contributed by atoms with Gasteiger partial charge in [-0.3, -0.25) is 19.2 Å². The van der Waals surface area contributed by atoms with Crippen LogP contribution in [0.1, 0.15) is 82.8 Å². The molecule has 5 rings (SSSR count). The first kappa shape index (κ1) is 29.1. The molecule has 0 saturated heterocycles. The maximum atomic E-state index is 14.5. The third-order valence-corrected chi connectivity index (χ3v) is 10.1. The van der Waals surface area contributed by atoms with Crippen LogP contribution in [0.5, 0.6) is 5.75 Å². The molecule has 0 bridgehead atoms. The number of hydrogen-bond donors (Lipinski definition) is 2. The first-order valence-electron chi connectivity index (χ1n) is 14.7. The number of rotatable bonds is 5. The summed E-state index contributed by atoms with van der Waals surface area (Å²) in [6.45, 7) is 12.7. The van der Waals surface area contributed by atoms with Gasteiger partial charge in [0.05, 0.1) is 11.5 Å². The zero-order valence-corrected chi connectivity index (χ0v) is 25.1. The number of allylic oxidation sites excluding steroid dienone is 1. The average molecular weight is 557 g/mol. The predicted octanol–water partition coefficient (Wildman–Crippen LogP) is 5.84. The topological polar surface area (TPSA) is 109 Å². The van der Waals surface area contributed by atoms with E-state index in [-0.39, 0.29) is 23.7 Å². The Kier molecular flexibility index (Phi) is 6.81. The van der Waals surface area contributed by atoms with Crippen molar-refractivity contribution in [1.82, 2.24) is 0 Å². The summed E-state index contributed by atoms with van der Waals surface area (Å²) in [6.07, 6.45) is 2.31. The van der Waals surface area contributed by atoms with Gasteiger partial charge >= 0.3 is 0 Å². The fourth-order valence-electron chi connectivity index (χ4n) is 8.86. The van der Waals surface area contributed by atoms with E-state index in [9.17, 15) is 29.4 Å². The Morgan fingerprint density at radius 3 is 2.29 bits per heavy atom. The minimum absolute atomic E-state index is 0.0824. The molecule has 0 heterocycles. The lowest BCUT2D eigenvalue weighted by atomic mass is 9.41. The van der Waals surface area contributed by atoms with Gasteiger partial charge in [0.2, 0.25) is 0 Å². The Hall–Kier alpha value is -3.38. The van der Waals surface area contributed by atoms with E-state index in [4.69, 9.17) is 0 Å². The molecule has 216 valence electrons. The average Bonchev–Trinajstić information content (AvgIpc) is 2.86. The largest absolute Gasteiger partial charge is 0.507 e. The normalized spacial score (nSPS) is 31.2. The van der Waals surface area contributed by atoms with Crippen LogP contribution in [0.25, 0.3) is 11.1 Å². The molecule has 3 aliphatic carbocycles. The zero-order valence-electron chi connectivity index (χ0n) is 25.1. The van der Waals surface area contributed by atoms with Gasteiger partial charge in [-0.25, -0.2) is 0 Å². The second-order valence-corrected chi connectivity index (χ2v) is 13.3. The SMILES string of the molecule is CCCc1ccccc1-c1ccc(O)c2c1C[C@@]1(C)C[C@@]3(C)C(C(C)C)=C(C)C(C(C)=O)C(=O)[C@@]3(O)C(=O)C1C2=O. The summed E-state index contributed by atoms with van der Waals surface area (Å²) < 4.78 is 0. The van der Waals surface area contributed by atoms with E-state index in [1.807, 2.05) is 45.0 Å². The molecule has 2 unspecified atom stereocenters. The number of ketones is 4. The van der Waals surface area contributed by atoms with Crippen molar-refractivity contribution in [2.45, 2.75) is 79.8 Å². The standard InChI is InChI=1S/C35H40O6/c1-8-11-21-12-9-10-13-22(21)23-14-15-25(37)27-24(23)16-33(6)17-34(7)28(18(2)3)19(4)26(20(5)36)31(39)35(34,41)32(40)29(33)30(27)38/h9-10,12-15,18,26,29,37,41H,8,11,16-17H2,1-7H3/t26?,29?,33-,34-,35+/m0/s1. The number of hydrogen-bond acceptors (Lipinski definition) is 6. The van der Waals surface area contributed by atoms with Crippen LogP contribution in [0.4, 0.5) is 0 Å². The number of benzene rings is 2. The predicted molar refractivity (Wildman–Crippen MR) is 157 cm³/mol. The lowest BCUT2D eigenvalue weighted by Gasteiger charge is -2.60. The number of carbonyl (C=O) groups excluding carboxylic acids is 4. The highest BCUT2D eigenvalue weighted by Crippen LogP contribution is 2.64. The molecule has 0 radical (unpaired) electrons. The fourth-order valence-corrected chi connectivity index (χ4v) is 8.86. The van der Waals surface area contributed by atoms with Gasteiger partial charge < -0.3 is 10.2 Å². The van der Waals surface area contributed by atoms with Crippen LogP contribution in [0, 0.1) is 28.6 Å². The molecule has 41 heavy (non-hydrogen) atoms. The highest BCUT2D eigenvalue weighted by molar-refractivity contribution is 6.27. The van der Waals surface area contributed by atoms with E-state index in [1.54, 1.807) is 13.8 Å². The van der Waals surface area contributed by atoms with Crippen molar-refractivity contribution >= 4 is 23.1 Å². The Morgan fingerprint density at radius 1 is 1.02 bits per heavy atom. The molecule has 0 aromatic heterocycles. The first-order valence-corrected chi connectivity index (χ1v) is 14.7. The van der Waals surface area contributed by atoms with Crippen LogP contribution >= 0.6 is 0 Å². The Bertz CT molecular complexity index is 1550. The van der Waals surface area contributed by atoms with Crippen LogP contribution in [-0.2, 0) is 27.2 Å². The highest BCUT2D eigenvalue weighted by Gasteiger charge is 2.73. The molecule has 2 aromatic carbocycles. The molecule has 5 atom stereocenters. The van der Waals surface area contributed by atoms with Crippen molar-refractivity contribution in [1.29, 1.82) is 0 Å². The number of phenolic OH excluding ortho intramolecular Hbond substituents is 1. The van der Waals surface area contributed by atoms with Gasteiger partial charge in [-0.05, 0) is 72.8 Å². The second-order valence-electron chi connectivity index (χ2n) is 13.3. The summed E-state index contributed by atoms with van der Waals surface area (Å²) in [7, 11) is 0. The maximum Gasteiger partial charge on any atom is 0.192 e. The molecule has 2 aromatic rings. The van der Waals surface area contributed by atoms with Crippen LogP contribution in [0.2, 0.25) is 0 Å². The monoisotopic (exact) mass is 556 g/mol. The highest BCUT2D eigenvalue weighted by atomic mass is 16.3. The Morgan fingerprint density at radius 2 is 1.68 bits per heavy atom. The van der Waals surface area contributed by atoms with Gasteiger partial charge in [0.15, 0.2) is 23.0 Å². The van der Waals surface area contributed by atoms with Gasteiger partial charge in [0.1, 0.15) is 17.5 Å². The van der Waals surface area contributed by atoms with E-state index in [0.29, 0.717) is 17.6 Å². The van der Waals surface area contributed by atoms with E-state index >= 15 is 0 Å². The lowest BCUT2D eigenvalue weighted by Crippen LogP contribution is -2.73. The molecule has 0 spiro atoms. The van der Waals surface area contributed by atoms with E-state index in [2.05, 4.69) is 13.0 Å². The van der Waals surface area contributed by atoms with Crippen molar-refractivity contribution in [3.8, 4) is 16.9 Å². The van der Waals surface area contributed by atoms with Crippen molar-refractivity contribution in [2.75, 3.05) is 0 Å². The van der Waals surface area contributed by atoms with Crippen molar-refractivity contribution < 1.29 is 29.4 Å². The summed E-state index contributed by atoms with van der Waals surface area (Å²) in [6, 6.07) is 11.4. The minimum Gasteiger partial charge on any atom is -0.507 e. The van der Waals surface area contributed by atoms with Crippen LogP contribution in [0.3, 0.4) is 0 Å². The third kappa shape index (κ3) is 3.79. The fraction of sp³-hybridized carbons (Fsp3) is 0.486. The molecule has 0 amide bonds. The van der Waals surface area contributed by atoms with Crippen molar-refractivity contribution in [2.24, 2.45) is 28.6 Å². The number of phenols is 1. The molecule has 1 fully saturated rings. The zero-order chi connectivity index (χ0) is 30.2. The lowest BCUT2D eigenvalue weighted by molar-refractivity contribution is -0.183. The molecule has 6 heteroatoms. The van der Waals surface area contributed by atoms with E-state index in [1.165, 1.54) is 13.0 Å². The number of carbonyl (C=O) groups is 4. The maximum absolute atomic E-state index is 14.5. The van der Waals surface area contributed by atoms with Crippen LogP contribution in [-0.4, -0.2) is 38.9 Å². The quantitative estimate of drug-likeness (QED) is 0.354. The van der Waals surface area contributed by atoms with Gasteiger partial charge in [-0.1, -0.05) is 82.5 Å². The van der Waals surface area contributed by atoms with Crippen molar-refractivity contribution in [3.63, 3.8) is 0 Å². The summed E-state index contributed by atoms with van der Waals surface area (Å²) in [5, 5.41) is 23.2. The number of Topliss-reactive ketones (excluding diaryl/α,β-unsaturated/α-hetero) is 4. The molecule has 3 aliphatic rings. The van der Waals surface area contributed by atoms with Gasteiger partial charge in [-0.15, -0.1) is 0 Å². The minimum atomic E-state index is -2.53. The summed E-state index contributed by atoms with van der Waals surface area (Å²) in [5.74, 6) is -5.65. The smallest absolute Gasteiger partial charge is 0.192 e. The molecular formula is C35H40O6. The number of aryl methyl sites for hydroxylation is 1. The third-order valence-electron chi connectivity index (χ3n) is 10.1. The summed E-state index contributed by atoms with van der Waals surface area (Å²) >= 11 is 0. The number of aromatic hydroxyl groups is 1. The molecule has 2 N–H and O–H groups in total. The van der Waals surface area contributed by atoms with E-state index < -0.39 is 51.4 Å².